The molecule has 1 N–H and O–H groups in total. The standard InChI is InChI=1S/C19H23ClN2O4S/c1-15(14-26-2)21-19(23)13-22(12-16-8-10-17(20)11-9-16)27(24,25)18-6-4-3-5-7-18/h3-11,15H,12-14H2,1-2H3,(H,21,23)/t15-/m1/s1. The second kappa shape index (κ2) is 9.85. The minimum absolute atomic E-state index is 0.0560. The molecule has 0 aromatic heterocycles. The van der Waals surface area contributed by atoms with Gasteiger partial charge in [0.1, 0.15) is 0 Å². The van der Waals surface area contributed by atoms with Crippen LogP contribution in [0.2, 0.25) is 5.02 Å². The summed E-state index contributed by atoms with van der Waals surface area (Å²) in [6.07, 6.45) is 0. The van der Waals surface area contributed by atoms with Gasteiger partial charge in [-0.05, 0) is 36.8 Å². The lowest BCUT2D eigenvalue weighted by atomic mass is 10.2. The number of halogens is 1. The van der Waals surface area contributed by atoms with Gasteiger partial charge in [-0.1, -0.05) is 41.9 Å². The van der Waals surface area contributed by atoms with Crippen molar-refractivity contribution >= 4 is 27.5 Å². The molecule has 146 valence electrons. The van der Waals surface area contributed by atoms with Crippen LogP contribution in [0.15, 0.2) is 59.5 Å². The van der Waals surface area contributed by atoms with E-state index < -0.39 is 15.9 Å². The van der Waals surface area contributed by atoms with Crippen LogP contribution in [0.5, 0.6) is 0 Å². The molecule has 0 saturated carbocycles. The molecule has 1 atom stereocenters. The number of amides is 1. The summed E-state index contributed by atoms with van der Waals surface area (Å²) in [6, 6.07) is 14.7. The Bertz CT molecular complexity index is 842. The Morgan fingerprint density at radius 3 is 2.37 bits per heavy atom. The molecule has 0 unspecified atom stereocenters. The Hall–Kier alpha value is -1.93. The summed E-state index contributed by atoms with van der Waals surface area (Å²) in [6.45, 7) is 1.89. The summed E-state index contributed by atoms with van der Waals surface area (Å²) in [4.78, 5) is 12.5. The summed E-state index contributed by atoms with van der Waals surface area (Å²) < 4.78 is 32.2. The lowest BCUT2D eigenvalue weighted by Gasteiger charge is -2.23. The normalized spacial score (nSPS) is 12.7. The molecule has 0 spiro atoms. The van der Waals surface area contributed by atoms with Gasteiger partial charge in [0.05, 0.1) is 18.0 Å². The Labute approximate surface area is 165 Å². The molecule has 27 heavy (non-hydrogen) atoms. The molecule has 0 saturated heterocycles. The highest BCUT2D eigenvalue weighted by atomic mass is 35.5. The van der Waals surface area contributed by atoms with E-state index in [0.717, 1.165) is 9.87 Å². The van der Waals surface area contributed by atoms with Crippen LogP contribution in [-0.4, -0.2) is 44.9 Å². The third-order valence-corrected chi connectivity index (χ3v) is 5.86. The fraction of sp³-hybridized carbons (Fsp3) is 0.316. The quantitative estimate of drug-likeness (QED) is 0.689. The minimum atomic E-state index is -3.84. The summed E-state index contributed by atoms with van der Waals surface area (Å²) in [5.41, 5.74) is 0.733. The van der Waals surface area contributed by atoms with Gasteiger partial charge in [-0.3, -0.25) is 4.79 Å². The first-order chi connectivity index (χ1) is 12.8. The van der Waals surface area contributed by atoms with Gasteiger partial charge in [-0.25, -0.2) is 8.42 Å². The monoisotopic (exact) mass is 410 g/mol. The van der Waals surface area contributed by atoms with Gasteiger partial charge in [0.25, 0.3) is 0 Å². The van der Waals surface area contributed by atoms with Crippen molar-refractivity contribution in [1.82, 2.24) is 9.62 Å². The number of sulfonamides is 1. The molecule has 8 heteroatoms. The highest BCUT2D eigenvalue weighted by Gasteiger charge is 2.27. The van der Waals surface area contributed by atoms with Crippen LogP contribution < -0.4 is 5.32 Å². The van der Waals surface area contributed by atoms with E-state index in [2.05, 4.69) is 5.32 Å². The van der Waals surface area contributed by atoms with Crippen molar-refractivity contribution in [3.63, 3.8) is 0 Å². The Balaban J connectivity index is 2.25. The van der Waals surface area contributed by atoms with E-state index in [0.29, 0.717) is 11.6 Å². The summed E-state index contributed by atoms with van der Waals surface area (Å²) in [5, 5.41) is 3.30. The SMILES string of the molecule is COC[C@@H](C)NC(=O)CN(Cc1ccc(Cl)cc1)S(=O)(=O)c1ccccc1. The average molecular weight is 411 g/mol. The number of hydrogen-bond acceptors (Lipinski definition) is 4. The van der Waals surface area contributed by atoms with E-state index in [9.17, 15) is 13.2 Å². The van der Waals surface area contributed by atoms with E-state index >= 15 is 0 Å². The lowest BCUT2D eigenvalue weighted by Crippen LogP contribution is -2.44. The maximum Gasteiger partial charge on any atom is 0.243 e. The van der Waals surface area contributed by atoms with Crippen LogP contribution in [0.3, 0.4) is 0 Å². The van der Waals surface area contributed by atoms with E-state index in [-0.39, 0.29) is 24.0 Å². The molecule has 6 nitrogen and oxygen atoms in total. The van der Waals surface area contributed by atoms with E-state index in [1.807, 2.05) is 0 Å². The van der Waals surface area contributed by atoms with Crippen molar-refractivity contribution in [2.45, 2.75) is 24.4 Å². The maximum atomic E-state index is 13.0. The van der Waals surface area contributed by atoms with E-state index in [1.165, 1.54) is 19.2 Å². The van der Waals surface area contributed by atoms with Crippen LogP contribution in [0.25, 0.3) is 0 Å². The topological polar surface area (TPSA) is 75.7 Å². The molecule has 0 bridgehead atoms. The minimum Gasteiger partial charge on any atom is -0.383 e. The van der Waals surface area contributed by atoms with E-state index in [4.69, 9.17) is 16.3 Å². The van der Waals surface area contributed by atoms with Crippen LogP contribution in [0.1, 0.15) is 12.5 Å². The first-order valence-corrected chi connectivity index (χ1v) is 10.2. The molecule has 0 fully saturated rings. The zero-order chi connectivity index (χ0) is 19.9. The molecular formula is C19H23ClN2O4S. The van der Waals surface area contributed by atoms with Gasteiger partial charge in [0.2, 0.25) is 15.9 Å². The van der Waals surface area contributed by atoms with Gasteiger partial charge >= 0.3 is 0 Å². The number of methoxy groups -OCH3 is 1. The van der Waals surface area contributed by atoms with Crippen LogP contribution >= 0.6 is 11.6 Å². The average Bonchev–Trinajstić information content (AvgIpc) is 2.63. The van der Waals surface area contributed by atoms with E-state index in [1.54, 1.807) is 49.4 Å². The number of carbonyl (C=O) groups is 1. The van der Waals surface area contributed by atoms with Crippen molar-refractivity contribution in [2.24, 2.45) is 0 Å². The maximum absolute atomic E-state index is 13.0. The molecule has 0 aliphatic rings. The van der Waals surface area contributed by atoms with Crippen molar-refractivity contribution in [3.8, 4) is 0 Å². The Kier molecular flexibility index (Phi) is 7.79. The summed E-state index contributed by atoms with van der Waals surface area (Å²) >= 11 is 5.90. The highest BCUT2D eigenvalue weighted by molar-refractivity contribution is 7.89. The predicted octanol–water partition coefficient (Wildman–Crippen LogP) is 2.68. The largest absolute Gasteiger partial charge is 0.383 e. The number of benzene rings is 2. The van der Waals surface area contributed by atoms with Crippen molar-refractivity contribution < 1.29 is 17.9 Å². The number of rotatable bonds is 9. The molecule has 2 aromatic rings. The third-order valence-electron chi connectivity index (χ3n) is 3.80. The van der Waals surface area contributed by atoms with Crippen molar-refractivity contribution in [1.29, 1.82) is 0 Å². The molecule has 0 radical (unpaired) electrons. The van der Waals surface area contributed by atoms with Gasteiger partial charge < -0.3 is 10.1 Å². The Morgan fingerprint density at radius 1 is 1.15 bits per heavy atom. The number of hydrogen-bond donors (Lipinski definition) is 1. The molecular weight excluding hydrogens is 388 g/mol. The summed E-state index contributed by atoms with van der Waals surface area (Å²) in [5.74, 6) is -0.395. The molecule has 0 aliphatic heterocycles. The van der Waals surface area contributed by atoms with Crippen LogP contribution in [0, 0.1) is 0 Å². The van der Waals surface area contributed by atoms with Crippen LogP contribution in [-0.2, 0) is 26.1 Å². The second-order valence-electron chi connectivity index (χ2n) is 6.14. The van der Waals surface area contributed by atoms with Crippen LogP contribution in [0.4, 0.5) is 0 Å². The van der Waals surface area contributed by atoms with Gasteiger partial charge in [-0.2, -0.15) is 4.31 Å². The van der Waals surface area contributed by atoms with Crippen molar-refractivity contribution in [2.75, 3.05) is 20.3 Å². The van der Waals surface area contributed by atoms with Gasteiger partial charge in [0, 0.05) is 24.7 Å². The van der Waals surface area contributed by atoms with Gasteiger partial charge in [-0.15, -0.1) is 0 Å². The lowest BCUT2D eigenvalue weighted by molar-refractivity contribution is -0.122. The number of carbonyl (C=O) groups excluding carboxylic acids is 1. The molecule has 2 rings (SSSR count). The fourth-order valence-electron chi connectivity index (χ4n) is 2.53. The zero-order valence-corrected chi connectivity index (χ0v) is 16.8. The first kappa shape index (κ1) is 21.4. The fourth-order valence-corrected chi connectivity index (χ4v) is 4.06. The van der Waals surface area contributed by atoms with Gasteiger partial charge in [0.15, 0.2) is 0 Å². The Morgan fingerprint density at radius 2 is 1.78 bits per heavy atom. The third kappa shape index (κ3) is 6.32. The molecule has 0 heterocycles. The molecule has 2 aromatic carbocycles. The molecule has 1 amide bonds. The predicted molar refractivity (Wildman–Crippen MR) is 105 cm³/mol. The number of nitrogens with one attached hydrogen (secondary N) is 1. The van der Waals surface area contributed by atoms with Crippen molar-refractivity contribution in [3.05, 3.63) is 65.2 Å². The molecule has 0 aliphatic carbocycles. The number of nitrogens with zero attached hydrogens (tertiary/aromatic N) is 1. The zero-order valence-electron chi connectivity index (χ0n) is 15.3. The smallest absolute Gasteiger partial charge is 0.243 e. The number of ether oxygens (including phenoxy) is 1. The second-order valence-corrected chi connectivity index (χ2v) is 8.51. The highest BCUT2D eigenvalue weighted by Crippen LogP contribution is 2.19. The first-order valence-electron chi connectivity index (χ1n) is 8.41. The summed E-state index contributed by atoms with van der Waals surface area (Å²) in [7, 11) is -2.31.